The highest BCUT2D eigenvalue weighted by Crippen LogP contribution is 2.12. The average molecular weight is 489 g/mol. The van der Waals surface area contributed by atoms with E-state index in [9.17, 15) is 19.2 Å². The van der Waals surface area contributed by atoms with Crippen molar-refractivity contribution in [3.63, 3.8) is 0 Å². The Bertz CT molecular complexity index is 582. The van der Waals surface area contributed by atoms with Crippen molar-refractivity contribution in [1.29, 1.82) is 0 Å². The summed E-state index contributed by atoms with van der Waals surface area (Å²) in [5.41, 5.74) is 0. The molecule has 0 aromatic carbocycles. The van der Waals surface area contributed by atoms with Crippen LogP contribution in [0.2, 0.25) is 0 Å². The number of methoxy groups -OCH3 is 4. The number of nitrogens with zero attached hydrogens (tertiary/aromatic N) is 2. The van der Waals surface area contributed by atoms with E-state index in [1.807, 2.05) is 9.80 Å². The van der Waals surface area contributed by atoms with Crippen molar-refractivity contribution in [3.8, 4) is 0 Å². The van der Waals surface area contributed by atoms with Crippen molar-refractivity contribution in [2.45, 2.75) is 37.8 Å². The minimum atomic E-state index is -0.547. The predicted octanol–water partition coefficient (Wildman–Crippen LogP) is -1.23. The molecule has 0 aromatic heterocycles. The largest absolute Gasteiger partial charge is 0.469 e. The van der Waals surface area contributed by atoms with Gasteiger partial charge in [0.05, 0.1) is 28.4 Å². The Hall–Kier alpha value is -2.28. The van der Waals surface area contributed by atoms with Gasteiger partial charge in [-0.1, -0.05) is 0 Å². The van der Waals surface area contributed by atoms with E-state index in [2.05, 4.69) is 10.6 Å². The Labute approximate surface area is 201 Å². The molecule has 1 aliphatic rings. The Morgan fingerprint density at radius 3 is 1.21 bits per heavy atom. The number of ether oxygens (including phenoxy) is 4. The zero-order valence-electron chi connectivity index (χ0n) is 20.8. The second-order valence-corrected chi connectivity index (χ2v) is 7.88. The normalized spacial score (nSPS) is 18.5. The molecule has 0 amide bonds. The molecule has 1 heterocycles. The minimum absolute atomic E-state index is 0.128. The van der Waals surface area contributed by atoms with E-state index in [0.29, 0.717) is 65.2 Å². The minimum Gasteiger partial charge on any atom is -0.469 e. The van der Waals surface area contributed by atoms with Crippen LogP contribution in [0.5, 0.6) is 0 Å². The van der Waals surface area contributed by atoms with Crippen molar-refractivity contribution in [1.82, 2.24) is 20.4 Å². The number of hydrogen-bond donors (Lipinski definition) is 2. The number of carbonyl (C=O) groups excluding carboxylic acids is 4. The fraction of sp³-hybridized carbons (Fsp3) is 0.818. The van der Waals surface area contributed by atoms with Gasteiger partial charge >= 0.3 is 23.9 Å². The summed E-state index contributed by atoms with van der Waals surface area (Å²) in [6.07, 6.45) is 0.883. The fourth-order valence-corrected chi connectivity index (χ4v) is 3.87. The Morgan fingerprint density at radius 1 is 0.618 bits per heavy atom. The molecule has 0 bridgehead atoms. The molecule has 0 aromatic rings. The van der Waals surface area contributed by atoms with E-state index in [1.165, 1.54) is 28.4 Å². The first kappa shape index (κ1) is 29.8. The van der Waals surface area contributed by atoms with Gasteiger partial charge in [0.2, 0.25) is 0 Å². The summed E-state index contributed by atoms with van der Waals surface area (Å²) in [7, 11) is 5.33. The second-order valence-electron chi connectivity index (χ2n) is 7.88. The van der Waals surface area contributed by atoms with Crippen LogP contribution in [0.1, 0.15) is 25.7 Å². The van der Waals surface area contributed by atoms with Crippen LogP contribution in [0, 0.1) is 0 Å². The summed E-state index contributed by atoms with van der Waals surface area (Å²) in [4.78, 5) is 52.0. The van der Waals surface area contributed by atoms with Gasteiger partial charge in [0, 0.05) is 65.2 Å². The van der Waals surface area contributed by atoms with Crippen LogP contribution in [0.3, 0.4) is 0 Å². The van der Waals surface area contributed by atoms with Gasteiger partial charge in [-0.3, -0.25) is 29.0 Å². The number of esters is 4. The van der Waals surface area contributed by atoms with Crippen LogP contribution in [-0.4, -0.2) is 127 Å². The summed E-state index contributed by atoms with van der Waals surface area (Å²) in [6, 6.07) is -1.09. The van der Waals surface area contributed by atoms with Gasteiger partial charge in [0.15, 0.2) is 0 Å². The maximum Gasteiger partial charge on any atom is 0.323 e. The number of nitrogens with one attached hydrogen (secondary N) is 2. The molecule has 34 heavy (non-hydrogen) atoms. The molecule has 2 unspecified atom stereocenters. The molecular weight excluding hydrogens is 448 g/mol. The molecule has 0 spiro atoms. The van der Waals surface area contributed by atoms with E-state index >= 15 is 0 Å². The maximum atomic E-state index is 12.4. The van der Waals surface area contributed by atoms with Crippen molar-refractivity contribution in [3.05, 3.63) is 0 Å². The van der Waals surface area contributed by atoms with Crippen LogP contribution in [0.4, 0.5) is 0 Å². The van der Waals surface area contributed by atoms with Crippen molar-refractivity contribution in [2.75, 3.05) is 80.8 Å². The zero-order valence-corrected chi connectivity index (χ0v) is 20.8. The van der Waals surface area contributed by atoms with E-state index in [-0.39, 0.29) is 36.7 Å². The summed E-state index contributed by atoms with van der Waals surface area (Å²) in [5.74, 6) is -1.50. The highest BCUT2D eigenvalue weighted by atomic mass is 16.5. The lowest BCUT2D eigenvalue weighted by Crippen LogP contribution is -2.51. The molecule has 0 saturated carbocycles. The standard InChI is InChI=1S/C22H40N4O8/c1-31-19(27)7-5-17(21(29)33-3)25-13-9-23-11-15-26(16-12-24-10-14-25)18(22(30)34-4)6-8-20(28)32-2/h17-18,23-24H,5-16H2,1-4H3. The molecule has 1 aliphatic heterocycles. The highest BCUT2D eigenvalue weighted by Gasteiger charge is 2.29. The summed E-state index contributed by atoms with van der Waals surface area (Å²) < 4.78 is 19.4. The van der Waals surface area contributed by atoms with Gasteiger partial charge < -0.3 is 29.6 Å². The molecular formula is C22H40N4O8. The van der Waals surface area contributed by atoms with Crippen LogP contribution in [0.15, 0.2) is 0 Å². The van der Waals surface area contributed by atoms with Crippen LogP contribution < -0.4 is 10.6 Å². The smallest absolute Gasteiger partial charge is 0.323 e. The quantitative estimate of drug-likeness (QED) is 0.282. The lowest BCUT2D eigenvalue weighted by molar-refractivity contribution is -0.149. The van der Waals surface area contributed by atoms with Crippen LogP contribution >= 0.6 is 0 Å². The van der Waals surface area contributed by atoms with E-state index in [4.69, 9.17) is 18.9 Å². The summed E-state index contributed by atoms with van der Waals surface area (Å²) in [6.45, 7) is 4.71. The van der Waals surface area contributed by atoms with Crippen molar-refractivity contribution in [2.24, 2.45) is 0 Å². The first-order valence-electron chi connectivity index (χ1n) is 11.6. The molecule has 1 fully saturated rings. The monoisotopic (exact) mass is 488 g/mol. The third-order valence-corrected chi connectivity index (χ3v) is 5.83. The van der Waals surface area contributed by atoms with Gasteiger partial charge in [-0.2, -0.15) is 0 Å². The first-order chi connectivity index (χ1) is 16.4. The SMILES string of the molecule is COC(=O)CCC(C(=O)OC)N1CCNCCN(C(CCC(=O)OC)C(=O)OC)CCNCC1. The number of carbonyl (C=O) groups is 4. The highest BCUT2D eigenvalue weighted by molar-refractivity contribution is 5.77. The lowest BCUT2D eigenvalue weighted by atomic mass is 10.1. The average Bonchev–Trinajstić information content (AvgIpc) is 2.84. The molecule has 0 aliphatic carbocycles. The van der Waals surface area contributed by atoms with E-state index in [1.54, 1.807) is 0 Å². The molecule has 1 saturated heterocycles. The van der Waals surface area contributed by atoms with Gasteiger partial charge in [-0.15, -0.1) is 0 Å². The molecule has 2 atom stereocenters. The fourth-order valence-electron chi connectivity index (χ4n) is 3.87. The Balaban J connectivity index is 2.77. The lowest BCUT2D eigenvalue weighted by Gasteiger charge is -2.32. The topological polar surface area (TPSA) is 136 Å². The number of hydrogen-bond acceptors (Lipinski definition) is 12. The second kappa shape index (κ2) is 17.2. The first-order valence-corrected chi connectivity index (χ1v) is 11.6. The number of rotatable bonds is 10. The maximum absolute atomic E-state index is 12.4. The Kier molecular flexibility index (Phi) is 15.0. The molecule has 0 radical (unpaired) electrons. The van der Waals surface area contributed by atoms with E-state index < -0.39 is 12.1 Å². The molecule has 2 N–H and O–H groups in total. The van der Waals surface area contributed by atoms with Gasteiger partial charge in [0.1, 0.15) is 12.1 Å². The third-order valence-electron chi connectivity index (χ3n) is 5.83. The molecule has 12 nitrogen and oxygen atoms in total. The Morgan fingerprint density at radius 2 is 0.941 bits per heavy atom. The van der Waals surface area contributed by atoms with Gasteiger partial charge in [0.25, 0.3) is 0 Å². The van der Waals surface area contributed by atoms with E-state index in [0.717, 1.165) is 0 Å². The van der Waals surface area contributed by atoms with Gasteiger partial charge in [-0.05, 0) is 12.8 Å². The van der Waals surface area contributed by atoms with Crippen LogP contribution in [-0.2, 0) is 38.1 Å². The third kappa shape index (κ3) is 10.8. The van der Waals surface area contributed by atoms with Crippen molar-refractivity contribution < 1.29 is 38.1 Å². The predicted molar refractivity (Wildman–Crippen MR) is 123 cm³/mol. The van der Waals surface area contributed by atoms with Gasteiger partial charge in [-0.25, -0.2) is 0 Å². The molecule has 196 valence electrons. The zero-order chi connectivity index (χ0) is 25.3. The summed E-state index contributed by atoms with van der Waals surface area (Å²) >= 11 is 0. The molecule has 1 rings (SSSR count). The molecule has 12 heteroatoms. The van der Waals surface area contributed by atoms with Crippen LogP contribution in [0.25, 0.3) is 0 Å². The summed E-state index contributed by atoms with van der Waals surface area (Å²) in [5, 5.41) is 6.70. The van der Waals surface area contributed by atoms with Crippen molar-refractivity contribution >= 4 is 23.9 Å².